The molecule has 0 atom stereocenters. The second-order valence-electron chi connectivity index (χ2n) is 3.63. The molecule has 0 aromatic carbocycles. The molecule has 0 aliphatic carbocycles. The third-order valence-electron chi connectivity index (χ3n) is 2.27. The number of nitriles is 1. The molecular weight excluding hydrogens is 261 g/mol. The van der Waals surface area contributed by atoms with Crippen LogP contribution in [0.1, 0.15) is 12.1 Å². The summed E-state index contributed by atoms with van der Waals surface area (Å²) in [5.74, 6) is -0.0536. The van der Waals surface area contributed by atoms with E-state index in [1.165, 1.54) is 12.0 Å². The largest absolute Gasteiger partial charge is 0.433 e. The van der Waals surface area contributed by atoms with Gasteiger partial charge < -0.3 is 9.64 Å². The van der Waals surface area contributed by atoms with E-state index in [-0.39, 0.29) is 18.9 Å². The van der Waals surface area contributed by atoms with Crippen LogP contribution in [0.5, 0.6) is 0 Å². The summed E-state index contributed by atoms with van der Waals surface area (Å²) in [6.07, 6.45) is -3.29. The van der Waals surface area contributed by atoms with Crippen molar-refractivity contribution in [2.45, 2.75) is 12.6 Å². The maximum atomic E-state index is 12.5. The molecule has 19 heavy (non-hydrogen) atoms. The second-order valence-corrected chi connectivity index (χ2v) is 3.63. The third-order valence-corrected chi connectivity index (χ3v) is 2.27. The van der Waals surface area contributed by atoms with Gasteiger partial charge in [0.25, 0.3) is 0 Å². The molecule has 0 fully saturated rings. The van der Waals surface area contributed by atoms with Crippen molar-refractivity contribution in [3.05, 3.63) is 18.0 Å². The first-order valence-corrected chi connectivity index (χ1v) is 5.50. The van der Waals surface area contributed by atoms with Crippen molar-refractivity contribution in [3.63, 3.8) is 0 Å². The molecule has 1 rings (SSSR count). The van der Waals surface area contributed by atoms with Gasteiger partial charge in [0.15, 0.2) is 0 Å². The molecule has 0 saturated carbocycles. The molecule has 0 aliphatic heterocycles. The monoisotopic (exact) mass is 274 g/mol. The van der Waals surface area contributed by atoms with Gasteiger partial charge in [-0.25, -0.2) is 9.97 Å². The number of aromatic nitrogens is 2. The van der Waals surface area contributed by atoms with Gasteiger partial charge in [0.1, 0.15) is 5.69 Å². The summed E-state index contributed by atoms with van der Waals surface area (Å²) in [7, 11) is 1.48. The number of hydrogen-bond donors (Lipinski definition) is 0. The van der Waals surface area contributed by atoms with Gasteiger partial charge in [-0.05, 0) is 6.07 Å². The molecule has 0 spiro atoms. The zero-order valence-corrected chi connectivity index (χ0v) is 10.3. The molecule has 1 aromatic heterocycles. The van der Waals surface area contributed by atoms with Crippen molar-refractivity contribution >= 4 is 5.95 Å². The van der Waals surface area contributed by atoms with Gasteiger partial charge in [0, 0.05) is 26.4 Å². The number of halogens is 3. The molecule has 0 aliphatic rings. The third kappa shape index (κ3) is 4.71. The lowest BCUT2D eigenvalue weighted by atomic mass is 10.4. The molecule has 1 heterocycles. The van der Waals surface area contributed by atoms with Crippen molar-refractivity contribution in [1.29, 1.82) is 5.26 Å². The van der Waals surface area contributed by atoms with Crippen molar-refractivity contribution in [1.82, 2.24) is 9.97 Å². The van der Waals surface area contributed by atoms with E-state index in [2.05, 4.69) is 9.97 Å². The van der Waals surface area contributed by atoms with Crippen LogP contribution in [0.15, 0.2) is 12.3 Å². The Kier molecular flexibility index (Phi) is 5.51. The first-order valence-electron chi connectivity index (χ1n) is 5.50. The molecule has 1 aromatic rings. The Bertz CT molecular complexity index is 444. The number of methoxy groups -OCH3 is 1. The van der Waals surface area contributed by atoms with Crippen LogP contribution in [-0.2, 0) is 10.9 Å². The summed E-state index contributed by atoms with van der Waals surface area (Å²) in [5, 5.41) is 8.54. The highest BCUT2D eigenvalue weighted by Gasteiger charge is 2.33. The lowest BCUT2D eigenvalue weighted by molar-refractivity contribution is -0.141. The zero-order chi connectivity index (χ0) is 14.3. The summed E-state index contributed by atoms with van der Waals surface area (Å²) >= 11 is 0. The summed E-state index contributed by atoms with van der Waals surface area (Å²) in [6, 6.07) is 2.74. The van der Waals surface area contributed by atoms with Crippen LogP contribution in [0, 0.1) is 11.3 Å². The Morgan fingerprint density at radius 2 is 2.16 bits per heavy atom. The Balaban J connectivity index is 2.91. The van der Waals surface area contributed by atoms with Gasteiger partial charge in [0.2, 0.25) is 5.95 Å². The van der Waals surface area contributed by atoms with E-state index in [1.54, 1.807) is 0 Å². The van der Waals surface area contributed by atoms with Gasteiger partial charge in [-0.1, -0.05) is 0 Å². The van der Waals surface area contributed by atoms with Gasteiger partial charge in [-0.2, -0.15) is 18.4 Å². The van der Waals surface area contributed by atoms with Crippen LogP contribution in [0.2, 0.25) is 0 Å². The van der Waals surface area contributed by atoms with Crippen LogP contribution < -0.4 is 4.90 Å². The Morgan fingerprint density at radius 3 is 2.74 bits per heavy atom. The maximum Gasteiger partial charge on any atom is 0.433 e. The molecule has 104 valence electrons. The normalized spacial score (nSPS) is 11.1. The van der Waals surface area contributed by atoms with E-state index in [4.69, 9.17) is 10.00 Å². The molecule has 5 nitrogen and oxygen atoms in total. The highest BCUT2D eigenvalue weighted by Crippen LogP contribution is 2.28. The zero-order valence-electron chi connectivity index (χ0n) is 10.3. The van der Waals surface area contributed by atoms with Gasteiger partial charge in [0.05, 0.1) is 19.1 Å². The van der Waals surface area contributed by atoms with E-state index >= 15 is 0 Å². The fraction of sp³-hybridized carbons (Fsp3) is 0.545. The minimum Gasteiger partial charge on any atom is -0.383 e. The molecule has 0 radical (unpaired) electrons. The fourth-order valence-corrected chi connectivity index (χ4v) is 1.36. The molecule has 0 saturated heterocycles. The molecular formula is C11H13F3N4O. The van der Waals surface area contributed by atoms with Crippen LogP contribution in [0.4, 0.5) is 19.1 Å². The first-order chi connectivity index (χ1) is 8.99. The number of rotatable bonds is 6. The van der Waals surface area contributed by atoms with Gasteiger partial charge >= 0.3 is 6.18 Å². The molecule has 8 heteroatoms. The topological polar surface area (TPSA) is 62.0 Å². The summed E-state index contributed by atoms with van der Waals surface area (Å²) in [4.78, 5) is 8.77. The standard InChI is InChI=1S/C11H13F3N4O/c1-19-8-7-18(6-2-4-15)10-16-5-3-9(17-10)11(12,13)14/h3,5H,2,6-8H2,1H3. The van der Waals surface area contributed by atoms with Crippen LogP contribution in [-0.4, -0.2) is 36.8 Å². The SMILES string of the molecule is COCCN(CCC#N)c1nccc(C(F)(F)F)n1. The molecule has 0 amide bonds. The summed E-state index contributed by atoms with van der Waals surface area (Å²) < 4.78 is 42.5. The van der Waals surface area contributed by atoms with Crippen molar-refractivity contribution in [2.24, 2.45) is 0 Å². The van der Waals surface area contributed by atoms with E-state index in [0.29, 0.717) is 13.2 Å². The number of nitrogens with zero attached hydrogens (tertiary/aromatic N) is 4. The number of hydrogen-bond acceptors (Lipinski definition) is 5. The van der Waals surface area contributed by atoms with Crippen molar-refractivity contribution in [2.75, 3.05) is 31.7 Å². The lowest BCUT2D eigenvalue weighted by Crippen LogP contribution is -2.30. The quantitative estimate of drug-likeness (QED) is 0.792. The van der Waals surface area contributed by atoms with E-state index in [0.717, 1.165) is 12.3 Å². The van der Waals surface area contributed by atoms with E-state index < -0.39 is 11.9 Å². The van der Waals surface area contributed by atoms with Crippen molar-refractivity contribution < 1.29 is 17.9 Å². The highest BCUT2D eigenvalue weighted by molar-refractivity contribution is 5.31. The highest BCUT2D eigenvalue weighted by atomic mass is 19.4. The predicted molar refractivity (Wildman–Crippen MR) is 61.4 cm³/mol. The van der Waals surface area contributed by atoms with Gasteiger partial charge in [-0.3, -0.25) is 0 Å². The number of ether oxygens (including phenoxy) is 1. The summed E-state index contributed by atoms with van der Waals surface area (Å²) in [6.45, 7) is 0.881. The first kappa shape index (κ1) is 15.2. The minimum absolute atomic E-state index is 0.0536. The van der Waals surface area contributed by atoms with Crippen LogP contribution in [0.3, 0.4) is 0 Å². The second kappa shape index (κ2) is 6.89. The van der Waals surface area contributed by atoms with Crippen molar-refractivity contribution in [3.8, 4) is 6.07 Å². The average Bonchev–Trinajstić information content (AvgIpc) is 2.38. The molecule has 0 N–H and O–H groups in total. The van der Waals surface area contributed by atoms with E-state index in [9.17, 15) is 13.2 Å². The lowest BCUT2D eigenvalue weighted by Gasteiger charge is -2.21. The Hall–Kier alpha value is -1.88. The smallest absolute Gasteiger partial charge is 0.383 e. The van der Waals surface area contributed by atoms with Gasteiger partial charge in [-0.15, -0.1) is 0 Å². The predicted octanol–water partition coefficient (Wildman–Crippen LogP) is 1.86. The maximum absolute atomic E-state index is 12.5. The summed E-state index contributed by atoms with van der Waals surface area (Å²) in [5.41, 5.74) is -1.00. The van der Waals surface area contributed by atoms with Crippen LogP contribution >= 0.6 is 0 Å². The number of anilines is 1. The molecule has 0 bridgehead atoms. The fourth-order valence-electron chi connectivity index (χ4n) is 1.36. The minimum atomic E-state index is -4.51. The Morgan fingerprint density at radius 1 is 1.42 bits per heavy atom. The number of alkyl halides is 3. The van der Waals surface area contributed by atoms with E-state index in [1.807, 2.05) is 6.07 Å². The Labute approximate surface area is 108 Å². The van der Waals surface area contributed by atoms with Crippen LogP contribution in [0.25, 0.3) is 0 Å². The average molecular weight is 274 g/mol. The molecule has 0 unspecified atom stereocenters.